The number of aryl methyl sites for hydroxylation is 1. The molecule has 0 bridgehead atoms. The molecule has 1 amide bonds. The molecule has 2 aromatic rings. The van der Waals surface area contributed by atoms with Crippen molar-refractivity contribution in [3.05, 3.63) is 63.6 Å². The van der Waals surface area contributed by atoms with E-state index < -0.39 is 17.5 Å². The van der Waals surface area contributed by atoms with Crippen LogP contribution in [-0.2, 0) is 0 Å². The Labute approximate surface area is 117 Å². The fourth-order valence-corrected chi connectivity index (χ4v) is 2.02. The lowest BCUT2D eigenvalue weighted by Gasteiger charge is -2.10. The predicted molar refractivity (Wildman–Crippen MR) is 73.2 cm³/mol. The van der Waals surface area contributed by atoms with E-state index in [0.29, 0.717) is 5.56 Å². The molecule has 0 radical (unpaired) electrons. The molecule has 0 aromatic heterocycles. The molecule has 0 spiro atoms. The van der Waals surface area contributed by atoms with Crippen LogP contribution in [0.1, 0.15) is 15.9 Å². The Hall–Kier alpha value is -1.75. The first-order chi connectivity index (χ1) is 9.00. The zero-order chi connectivity index (χ0) is 14.0. The van der Waals surface area contributed by atoms with Gasteiger partial charge in [0.15, 0.2) is 0 Å². The van der Waals surface area contributed by atoms with Gasteiger partial charge in [-0.15, -0.1) is 0 Å². The first-order valence-corrected chi connectivity index (χ1v) is 6.30. The van der Waals surface area contributed by atoms with Gasteiger partial charge in [0.2, 0.25) is 0 Å². The number of rotatable bonds is 2. The number of carbonyl (C=O) groups is 1. The Morgan fingerprint density at radius 1 is 1.16 bits per heavy atom. The van der Waals surface area contributed by atoms with E-state index in [1.54, 1.807) is 19.1 Å². The van der Waals surface area contributed by atoms with Crippen LogP contribution in [0, 0.1) is 18.6 Å². The molecule has 19 heavy (non-hydrogen) atoms. The highest BCUT2D eigenvalue weighted by atomic mass is 79.9. The van der Waals surface area contributed by atoms with Crippen molar-refractivity contribution in [2.45, 2.75) is 6.92 Å². The normalized spacial score (nSPS) is 10.3. The molecule has 98 valence electrons. The number of benzene rings is 2. The molecule has 1 N–H and O–H groups in total. The lowest BCUT2D eigenvalue weighted by molar-refractivity contribution is 0.102. The fraction of sp³-hybridized carbons (Fsp3) is 0.0714. The summed E-state index contributed by atoms with van der Waals surface area (Å²) in [5, 5.41) is 2.39. The monoisotopic (exact) mass is 325 g/mol. The summed E-state index contributed by atoms with van der Waals surface area (Å²) in [5.74, 6) is -1.91. The molecule has 0 saturated carbocycles. The van der Waals surface area contributed by atoms with E-state index >= 15 is 0 Å². The zero-order valence-corrected chi connectivity index (χ0v) is 11.6. The van der Waals surface area contributed by atoms with E-state index in [-0.39, 0.29) is 15.7 Å². The van der Waals surface area contributed by atoms with E-state index in [9.17, 15) is 13.6 Å². The molecule has 0 aliphatic heterocycles. The number of amides is 1. The van der Waals surface area contributed by atoms with Crippen molar-refractivity contribution >= 4 is 27.5 Å². The molecule has 2 aromatic carbocycles. The summed E-state index contributed by atoms with van der Waals surface area (Å²) < 4.78 is 27.5. The van der Waals surface area contributed by atoms with E-state index in [2.05, 4.69) is 21.2 Å². The quantitative estimate of drug-likeness (QED) is 0.876. The van der Waals surface area contributed by atoms with Crippen LogP contribution in [0.4, 0.5) is 14.5 Å². The second-order valence-electron chi connectivity index (χ2n) is 3.99. The maximum atomic E-state index is 13.8. The molecule has 0 atom stereocenters. The first kappa shape index (κ1) is 13.7. The van der Waals surface area contributed by atoms with Gasteiger partial charge in [-0.05, 0) is 46.6 Å². The van der Waals surface area contributed by atoms with Gasteiger partial charge in [-0.25, -0.2) is 8.78 Å². The second kappa shape index (κ2) is 5.48. The summed E-state index contributed by atoms with van der Waals surface area (Å²) in [6.07, 6.45) is 0. The molecule has 0 unspecified atom stereocenters. The van der Waals surface area contributed by atoms with Crippen molar-refractivity contribution in [1.29, 1.82) is 0 Å². The number of hydrogen-bond donors (Lipinski definition) is 1. The third-order valence-corrected chi connectivity index (χ3v) is 3.27. The number of halogens is 3. The minimum absolute atomic E-state index is 0.0619. The molecule has 0 heterocycles. The Balaban J connectivity index is 2.34. The van der Waals surface area contributed by atoms with Gasteiger partial charge in [-0.2, -0.15) is 0 Å². The zero-order valence-electron chi connectivity index (χ0n) is 10.0. The van der Waals surface area contributed by atoms with Gasteiger partial charge >= 0.3 is 0 Å². The number of hydrogen-bond acceptors (Lipinski definition) is 1. The third kappa shape index (κ3) is 2.81. The number of carbonyl (C=O) groups excluding carboxylic acids is 1. The summed E-state index contributed by atoms with van der Waals surface area (Å²) in [7, 11) is 0. The molecular formula is C14H10BrF2NO. The SMILES string of the molecule is Cc1cccc(F)c1NC(=O)c1cccc(Br)c1F. The first-order valence-electron chi connectivity index (χ1n) is 5.51. The highest BCUT2D eigenvalue weighted by Gasteiger charge is 2.16. The average Bonchev–Trinajstić information content (AvgIpc) is 2.37. The minimum atomic E-state index is -0.688. The van der Waals surface area contributed by atoms with Crippen LogP contribution in [0.2, 0.25) is 0 Å². The van der Waals surface area contributed by atoms with Crippen molar-refractivity contribution in [2.75, 3.05) is 5.32 Å². The lowest BCUT2D eigenvalue weighted by atomic mass is 10.1. The van der Waals surface area contributed by atoms with Crippen molar-refractivity contribution < 1.29 is 13.6 Å². The Morgan fingerprint density at radius 3 is 2.53 bits per heavy atom. The molecule has 5 heteroatoms. The van der Waals surface area contributed by atoms with Gasteiger partial charge in [0.25, 0.3) is 5.91 Å². The topological polar surface area (TPSA) is 29.1 Å². The van der Waals surface area contributed by atoms with E-state index in [4.69, 9.17) is 0 Å². The summed E-state index contributed by atoms with van der Waals surface area (Å²) in [6.45, 7) is 1.66. The number of anilines is 1. The van der Waals surface area contributed by atoms with Crippen molar-refractivity contribution in [2.24, 2.45) is 0 Å². The Morgan fingerprint density at radius 2 is 1.84 bits per heavy atom. The molecule has 0 saturated heterocycles. The largest absolute Gasteiger partial charge is 0.319 e. The third-order valence-electron chi connectivity index (χ3n) is 2.66. The van der Waals surface area contributed by atoms with Gasteiger partial charge < -0.3 is 5.32 Å². The van der Waals surface area contributed by atoms with Crippen LogP contribution < -0.4 is 5.32 Å². The smallest absolute Gasteiger partial charge is 0.258 e. The van der Waals surface area contributed by atoms with Gasteiger partial charge in [0.05, 0.1) is 15.7 Å². The molecular weight excluding hydrogens is 316 g/mol. The number of nitrogens with one attached hydrogen (secondary N) is 1. The van der Waals surface area contributed by atoms with Crippen LogP contribution in [0.3, 0.4) is 0 Å². The summed E-state index contributed by atoms with van der Waals surface area (Å²) in [4.78, 5) is 12.0. The van der Waals surface area contributed by atoms with Crippen molar-refractivity contribution in [3.63, 3.8) is 0 Å². The van der Waals surface area contributed by atoms with Crippen molar-refractivity contribution in [1.82, 2.24) is 0 Å². The van der Waals surface area contributed by atoms with E-state index in [0.717, 1.165) is 0 Å². The summed E-state index contributed by atoms with van der Waals surface area (Å²) >= 11 is 3.00. The van der Waals surface area contributed by atoms with E-state index in [1.807, 2.05) is 0 Å². The highest BCUT2D eigenvalue weighted by Crippen LogP contribution is 2.22. The molecule has 0 fully saturated rings. The lowest BCUT2D eigenvalue weighted by Crippen LogP contribution is -2.15. The van der Waals surface area contributed by atoms with Gasteiger partial charge in [-0.3, -0.25) is 4.79 Å². The minimum Gasteiger partial charge on any atom is -0.319 e. The van der Waals surface area contributed by atoms with E-state index in [1.165, 1.54) is 24.3 Å². The van der Waals surface area contributed by atoms with Crippen molar-refractivity contribution in [3.8, 4) is 0 Å². The standard InChI is InChI=1S/C14H10BrF2NO/c1-8-4-2-7-11(16)13(8)18-14(19)9-5-3-6-10(15)12(9)17/h2-7H,1H3,(H,18,19). The summed E-state index contributed by atoms with van der Waals surface area (Å²) in [5.41, 5.74) is 0.493. The predicted octanol–water partition coefficient (Wildman–Crippen LogP) is 4.29. The van der Waals surface area contributed by atoms with Gasteiger partial charge in [0, 0.05) is 0 Å². The highest BCUT2D eigenvalue weighted by molar-refractivity contribution is 9.10. The van der Waals surface area contributed by atoms with Gasteiger partial charge in [0.1, 0.15) is 11.6 Å². The maximum absolute atomic E-state index is 13.8. The average molecular weight is 326 g/mol. The Kier molecular flexibility index (Phi) is 3.95. The Bertz CT molecular complexity index is 623. The number of para-hydroxylation sites is 1. The molecule has 2 nitrogen and oxygen atoms in total. The maximum Gasteiger partial charge on any atom is 0.258 e. The molecule has 2 rings (SSSR count). The van der Waals surface area contributed by atoms with Crippen LogP contribution >= 0.6 is 15.9 Å². The summed E-state index contributed by atoms with van der Waals surface area (Å²) in [6, 6.07) is 8.80. The van der Waals surface area contributed by atoms with Gasteiger partial charge in [-0.1, -0.05) is 18.2 Å². The van der Waals surface area contributed by atoms with Crippen LogP contribution in [0.15, 0.2) is 40.9 Å². The van der Waals surface area contributed by atoms with Crippen LogP contribution in [0.25, 0.3) is 0 Å². The van der Waals surface area contributed by atoms with Crippen LogP contribution in [0.5, 0.6) is 0 Å². The molecule has 0 aliphatic carbocycles. The molecule has 0 aliphatic rings. The van der Waals surface area contributed by atoms with Crippen LogP contribution in [-0.4, -0.2) is 5.91 Å². The second-order valence-corrected chi connectivity index (χ2v) is 4.84. The fourth-order valence-electron chi connectivity index (χ4n) is 1.65.